The lowest BCUT2D eigenvalue weighted by molar-refractivity contribution is -0.141. The van der Waals surface area contributed by atoms with Gasteiger partial charge in [-0.2, -0.15) is 11.8 Å². The van der Waals surface area contributed by atoms with E-state index in [-0.39, 0.29) is 11.4 Å². The van der Waals surface area contributed by atoms with Gasteiger partial charge in [-0.15, -0.1) is 0 Å². The van der Waals surface area contributed by atoms with Crippen LogP contribution in [0.3, 0.4) is 0 Å². The largest absolute Gasteiger partial charge is 0.469 e. The fourth-order valence-electron chi connectivity index (χ4n) is 1.97. The highest BCUT2D eigenvalue weighted by atomic mass is 32.2. The molecular weight excluding hydrogens is 240 g/mol. The summed E-state index contributed by atoms with van der Waals surface area (Å²) in [5.41, 5.74) is 0.225. The lowest BCUT2D eigenvalue weighted by Crippen LogP contribution is -2.26. The van der Waals surface area contributed by atoms with Crippen LogP contribution in [0, 0.1) is 5.41 Å². The zero-order valence-electron chi connectivity index (χ0n) is 10.3. The van der Waals surface area contributed by atoms with E-state index in [0.717, 1.165) is 37.4 Å². The van der Waals surface area contributed by atoms with Crippen molar-refractivity contribution in [1.82, 2.24) is 0 Å². The van der Waals surface area contributed by atoms with Crippen LogP contribution in [0.4, 0.5) is 0 Å². The molecule has 0 N–H and O–H groups in total. The van der Waals surface area contributed by atoms with Crippen molar-refractivity contribution in [1.29, 1.82) is 0 Å². The van der Waals surface area contributed by atoms with Crippen molar-refractivity contribution in [2.45, 2.75) is 31.8 Å². The van der Waals surface area contributed by atoms with Gasteiger partial charge in [-0.05, 0) is 30.4 Å². The number of hydrogen-bond donors (Lipinski definition) is 0. The third kappa shape index (κ3) is 4.16. The van der Waals surface area contributed by atoms with Crippen LogP contribution in [0.25, 0.3) is 0 Å². The molecule has 17 heavy (non-hydrogen) atoms. The molecule has 2 rings (SSSR count). The van der Waals surface area contributed by atoms with Gasteiger partial charge in [-0.3, -0.25) is 4.79 Å². The molecule has 1 saturated heterocycles. The first kappa shape index (κ1) is 13.2. The summed E-state index contributed by atoms with van der Waals surface area (Å²) in [6.45, 7) is 1.23. The summed E-state index contributed by atoms with van der Waals surface area (Å²) >= 11 is 1.89. The van der Waals surface area contributed by atoms with Gasteiger partial charge in [0.25, 0.3) is 0 Å². The molecule has 1 atom stereocenters. The van der Waals surface area contributed by atoms with Gasteiger partial charge in [0.2, 0.25) is 0 Å². The molecule has 0 spiro atoms. The van der Waals surface area contributed by atoms with Crippen LogP contribution in [0.5, 0.6) is 0 Å². The van der Waals surface area contributed by atoms with Crippen molar-refractivity contribution >= 4 is 17.7 Å². The Bertz CT molecular complexity index is 259. The minimum absolute atomic E-state index is 0.0783. The van der Waals surface area contributed by atoms with E-state index in [1.807, 2.05) is 11.8 Å². The quantitative estimate of drug-likeness (QED) is 0.682. The second-order valence-electron chi connectivity index (χ2n) is 4.87. The van der Waals surface area contributed by atoms with Crippen molar-refractivity contribution in [2.24, 2.45) is 5.41 Å². The Morgan fingerprint density at radius 3 is 2.94 bits per heavy atom. The highest BCUT2D eigenvalue weighted by molar-refractivity contribution is 7.99. The molecule has 1 heterocycles. The van der Waals surface area contributed by atoms with E-state index in [2.05, 4.69) is 0 Å². The van der Waals surface area contributed by atoms with Crippen molar-refractivity contribution in [2.75, 3.05) is 32.0 Å². The Morgan fingerprint density at radius 1 is 1.53 bits per heavy atom. The summed E-state index contributed by atoms with van der Waals surface area (Å²) in [5, 5.41) is 0. The molecule has 0 amide bonds. The number of rotatable bonds is 6. The molecule has 0 aromatic carbocycles. The second kappa shape index (κ2) is 6.07. The predicted molar refractivity (Wildman–Crippen MR) is 65.9 cm³/mol. The number of esters is 1. The van der Waals surface area contributed by atoms with Crippen molar-refractivity contribution in [3.05, 3.63) is 0 Å². The highest BCUT2D eigenvalue weighted by Crippen LogP contribution is 2.51. The number of carbonyl (C=O) groups excluding carboxylic acids is 1. The van der Waals surface area contributed by atoms with Crippen LogP contribution in [0.2, 0.25) is 0 Å². The molecule has 98 valence electrons. The van der Waals surface area contributed by atoms with Crippen LogP contribution in [0.1, 0.15) is 25.7 Å². The topological polar surface area (TPSA) is 44.8 Å². The first-order valence-corrected chi connectivity index (χ1v) is 7.23. The minimum Gasteiger partial charge on any atom is -0.469 e. The Balaban J connectivity index is 1.62. The Morgan fingerprint density at radius 2 is 2.35 bits per heavy atom. The average Bonchev–Trinajstić information content (AvgIpc) is 3.10. The van der Waals surface area contributed by atoms with E-state index in [4.69, 9.17) is 14.2 Å². The Labute approximate surface area is 106 Å². The van der Waals surface area contributed by atoms with Gasteiger partial charge in [0.15, 0.2) is 0 Å². The van der Waals surface area contributed by atoms with Gasteiger partial charge in [0, 0.05) is 5.75 Å². The molecule has 1 aliphatic heterocycles. The molecule has 0 aromatic heterocycles. The average molecular weight is 260 g/mol. The molecule has 2 fully saturated rings. The fourth-order valence-corrected chi connectivity index (χ4v) is 3.43. The zero-order chi connectivity index (χ0) is 12.1. The monoisotopic (exact) mass is 260 g/mol. The molecule has 0 aromatic rings. The number of hydrogen-bond acceptors (Lipinski definition) is 5. The Hall–Kier alpha value is -0.260. The van der Waals surface area contributed by atoms with Crippen LogP contribution >= 0.6 is 11.8 Å². The molecule has 1 saturated carbocycles. The van der Waals surface area contributed by atoms with E-state index in [1.165, 1.54) is 7.11 Å². The van der Waals surface area contributed by atoms with Gasteiger partial charge < -0.3 is 14.2 Å². The van der Waals surface area contributed by atoms with E-state index >= 15 is 0 Å². The predicted octanol–water partition coefficient (Wildman–Crippen LogP) is 1.83. The zero-order valence-corrected chi connectivity index (χ0v) is 11.1. The molecule has 4 nitrogen and oxygen atoms in total. The molecular formula is C12H20O4S. The van der Waals surface area contributed by atoms with Crippen LogP contribution in [-0.4, -0.2) is 44.1 Å². The highest BCUT2D eigenvalue weighted by Gasteiger charge is 2.44. The van der Waals surface area contributed by atoms with Crippen molar-refractivity contribution < 1.29 is 19.0 Å². The van der Waals surface area contributed by atoms with Crippen molar-refractivity contribution in [3.63, 3.8) is 0 Å². The molecule has 0 bridgehead atoms. The van der Waals surface area contributed by atoms with Gasteiger partial charge in [0.1, 0.15) is 6.79 Å². The summed E-state index contributed by atoms with van der Waals surface area (Å²) in [7, 11) is 1.46. The first-order valence-electron chi connectivity index (χ1n) is 6.08. The van der Waals surface area contributed by atoms with E-state index in [1.54, 1.807) is 0 Å². The van der Waals surface area contributed by atoms with Crippen LogP contribution in [-0.2, 0) is 19.0 Å². The molecule has 5 heteroatoms. The lowest BCUT2D eigenvalue weighted by atomic mass is 10.1. The lowest BCUT2D eigenvalue weighted by Gasteiger charge is -2.23. The first-order chi connectivity index (χ1) is 8.24. The fraction of sp³-hybridized carbons (Fsp3) is 0.917. The molecule has 1 unspecified atom stereocenters. The van der Waals surface area contributed by atoms with Gasteiger partial charge >= 0.3 is 5.97 Å². The smallest absolute Gasteiger partial charge is 0.306 e. The van der Waals surface area contributed by atoms with Gasteiger partial charge in [-0.25, -0.2) is 0 Å². The van der Waals surface area contributed by atoms with E-state index in [0.29, 0.717) is 19.3 Å². The summed E-state index contributed by atoms with van der Waals surface area (Å²) in [6.07, 6.45) is 4.19. The van der Waals surface area contributed by atoms with E-state index in [9.17, 15) is 4.79 Å². The maximum Gasteiger partial charge on any atom is 0.306 e. The number of methoxy groups -OCH3 is 1. The standard InChI is InChI=1S/C12H20O4S/c1-14-11(13)6-12(3-4-12)8-17-7-10-2-5-15-9-16-10/h10H,2-9H2,1H3. The minimum atomic E-state index is -0.0783. The second-order valence-corrected chi connectivity index (χ2v) is 5.90. The summed E-state index contributed by atoms with van der Waals surface area (Å²) in [6, 6.07) is 0. The maximum atomic E-state index is 11.3. The molecule has 2 aliphatic rings. The number of carbonyl (C=O) groups is 1. The van der Waals surface area contributed by atoms with Crippen LogP contribution in [0.15, 0.2) is 0 Å². The number of thioether (sulfide) groups is 1. The Kier molecular flexibility index (Phi) is 4.70. The number of ether oxygens (including phenoxy) is 3. The van der Waals surface area contributed by atoms with Gasteiger partial charge in [0.05, 0.1) is 26.2 Å². The van der Waals surface area contributed by atoms with Crippen LogP contribution < -0.4 is 0 Å². The van der Waals surface area contributed by atoms with Gasteiger partial charge in [-0.1, -0.05) is 0 Å². The summed E-state index contributed by atoms with van der Waals surface area (Å²) in [4.78, 5) is 11.3. The third-order valence-corrected chi connectivity index (χ3v) is 4.81. The SMILES string of the molecule is COC(=O)CC1(CSCC2CCOCO2)CC1. The van der Waals surface area contributed by atoms with Crippen molar-refractivity contribution in [3.8, 4) is 0 Å². The van der Waals surface area contributed by atoms with E-state index < -0.39 is 0 Å². The molecule has 1 aliphatic carbocycles. The summed E-state index contributed by atoms with van der Waals surface area (Å²) in [5.74, 6) is 1.97. The summed E-state index contributed by atoms with van der Waals surface area (Å²) < 4.78 is 15.3. The maximum absolute atomic E-state index is 11.3. The molecule has 0 radical (unpaired) electrons. The normalized spacial score (nSPS) is 26.5. The third-order valence-electron chi connectivity index (χ3n) is 3.39.